The van der Waals surface area contributed by atoms with Crippen LogP contribution in [-0.4, -0.2) is 11.9 Å². The standard InChI is InChI=1S/C16H18O3/c1-12-4-7-15(8-5-12)18-11-19-16-9-13(2)3-6-14(16)10-17/h3-9,17H,10-11H2,1-2H3. The first kappa shape index (κ1) is 13.4. The summed E-state index contributed by atoms with van der Waals surface area (Å²) in [5.74, 6) is 1.43. The molecule has 0 unspecified atom stereocenters. The minimum Gasteiger partial charge on any atom is -0.458 e. The highest BCUT2D eigenvalue weighted by Gasteiger charge is 2.03. The quantitative estimate of drug-likeness (QED) is 0.837. The molecule has 100 valence electrons. The normalized spacial score (nSPS) is 10.3. The summed E-state index contributed by atoms with van der Waals surface area (Å²) in [5, 5.41) is 9.24. The third-order valence-electron chi connectivity index (χ3n) is 2.85. The maximum atomic E-state index is 9.24. The molecule has 0 bridgehead atoms. The number of aliphatic hydroxyl groups excluding tert-OH is 1. The molecular formula is C16H18O3. The predicted molar refractivity (Wildman–Crippen MR) is 74.4 cm³/mol. The monoisotopic (exact) mass is 258 g/mol. The Labute approximate surface area is 113 Å². The van der Waals surface area contributed by atoms with Gasteiger partial charge in [0.05, 0.1) is 6.61 Å². The summed E-state index contributed by atoms with van der Waals surface area (Å²) in [6, 6.07) is 13.5. The van der Waals surface area contributed by atoms with Gasteiger partial charge in [0.1, 0.15) is 11.5 Å². The molecule has 2 rings (SSSR count). The highest BCUT2D eigenvalue weighted by Crippen LogP contribution is 2.20. The number of rotatable bonds is 5. The van der Waals surface area contributed by atoms with E-state index >= 15 is 0 Å². The molecule has 2 aromatic carbocycles. The van der Waals surface area contributed by atoms with Crippen LogP contribution in [0.4, 0.5) is 0 Å². The largest absolute Gasteiger partial charge is 0.458 e. The minimum atomic E-state index is -0.0415. The second kappa shape index (κ2) is 6.25. The van der Waals surface area contributed by atoms with Crippen molar-refractivity contribution in [3.63, 3.8) is 0 Å². The van der Waals surface area contributed by atoms with Gasteiger partial charge in [-0.2, -0.15) is 0 Å². The number of aliphatic hydroxyl groups is 1. The molecule has 0 aliphatic heterocycles. The van der Waals surface area contributed by atoms with E-state index in [0.717, 1.165) is 16.9 Å². The zero-order valence-electron chi connectivity index (χ0n) is 11.2. The Kier molecular flexibility index (Phi) is 4.42. The second-order valence-corrected chi connectivity index (χ2v) is 4.49. The van der Waals surface area contributed by atoms with Crippen LogP contribution in [0.25, 0.3) is 0 Å². The number of aryl methyl sites for hydroxylation is 2. The van der Waals surface area contributed by atoms with E-state index in [-0.39, 0.29) is 13.4 Å². The van der Waals surface area contributed by atoms with Crippen molar-refractivity contribution in [3.8, 4) is 11.5 Å². The summed E-state index contributed by atoms with van der Waals surface area (Å²) in [5.41, 5.74) is 3.04. The van der Waals surface area contributed by atoms with Gasteiger partial charge in [-0.05, 0) is 37.6 Å². The third-order valence-corrected chi connectivity index (χ3v) is 2.85. The number of hydrogen-bond acceptors (Lipinski definition) is 3. The van der Waals surface area contributed by atoms with Gasteiger partial charge in [0.15, 0.2) is 0 Å². The fraction of sp³-hybridized carbons (Fsp3) is 0.250. The summed E-state index contributed by atoms with van der Waals surface area (Å²) in [6.07, 6.45) is 0. The van der Waals surface area contributed by atoms with Crippen LogP contribution in [-0.2, 0) is 6.61 Å². The van der Waals surface area contributed by atoms with Crippen LogP contribution < -0.4 is 9.47 Å². The van der Waals surface area contributed by atoms with Crippen molar-refractivity contribution in [3.05, 3.63) is 59.2 Å². The van der Waals surface area contributed by atoms with E-state index in [0.29, 0.717) is 5.75 Å². The molecule has 0 fully saturated rings. The summed E-state index contributed by atoms with van der Waals surface area (Å²) in [6.45, 7) is 4.09. The highest BCUT2D eigenvalue weighted by atomic mass is 16.7. The van der Waals surface area contributed by atoms with E-state index < -0.39 is 0 Å². The molecule has 0 heterocycles. The molecule has 0 amide bonds. The van der Waals surface area contributed by atoms with Gasteiger partial charge in [0.2, 0.25) is 6.79 Å². The van der Waals surface area contributed by atoms with Crippen LogP contribution in [0.15, 0.2) is 42.5 Å². The molecular weight excluding hydrogens is 240 g/mol. The van der Waals surface area contributed by atoms with Gasteiger partial charge in [-0.15, -0.1) is 0 Å². The highest BCUT2D eigenvalue weighted by molar-refractivity contribution is 5.36. The van der Waals surface area contributed by atoms with Gasteiger partial charge in [-0.25, -0.2) is 0 Å². The lowest BCUT2D eigenvalue weighted by atomic mass is 10.1. The number of hydrogen-bond donors (Lipinski definition) is 1. The predicted octanol–water partition coefficient (Wildman–Crippen LogP) is 3.21. The molecule has 0 spiro atoms. The van der Waals surface area contributed by atoms with Crippen molar-refractivity contribution < 1.29 is 14.6 Å². The van der Waals surface area contributed by atoms with Gasteiger partial charge < -0.3 is 14.6 Å². The van der Waals surface area contributed by atoms with E-state index in [4.69, 9.17) is 9.47 Å². The minimum absolute atomic E-state index is 0.0415. The maximum absolute atomic E-state index is 9.24. The first-order valence-corrected chi connectivity index (χ1v) is 6.21. The summed E-state index contributed by atoms with van der Waals surface area (Å²) < 4.78 is 11.1. The van der Waals surface area contributed by atoms with Crippen LogP contribution in [0, 0.1) is 13.8 Å². The Balaban J connectivity index is 1.95. The fourth-order valence-electron chi connectivity index (χ4n) is 1.72. The fourth-order valence-corrected chi connectivity index (χ4v) is 1.72. The molecule has 0 aliphatic rings. The average Bonchev–Trinajstić information content (AvgIpc) is 2.41. The van der Waals surface area contributed by atoms with Crippen molar-refractivity contribution in [2.75, 3.05) is 6.79 Å². The van der Waals surface area contributed by atoms with Gasteiger partial charge in [-0.3, -0.25) is 0 Å². The molecule has 1 N–H and O–H groups in total. The zero-order chi connectivity index (χ0) is 13.7. The molecule has 19 heavy (non-hydrogen) atoms. The molecule has 3 heteroatoms. The first-order valence-electron chi connectivity index (χ1n) is 6.21. The van der Waals surface area contributed by atoms with E-state index in [1.807, 2.05) is 56.3 Å². The van der Waals surface area contributed by atoms with Crippen LogP contribution in [0.2, 0.25) is 0 Å². The van der Waals surface area contributed by atoms with E-state index in [2.05, 4.69) is 0 Å². The molecule has 0 aromatic heterocycles. The molecule has 0 saturated carbocycles. The Hall–Kier alpha value is -2.00. The SMILES string of the molecule is Cc1ccc(OCOc2cc(C)ccc2CO)cc1. The van der Waals surface area contributed by atoms with Crippen molar-refractivity contribution in [1.29, 1.82) is 0 Å². The van der Waals surface area contributed by atoms with E-state index in [1.165, 1.54) is 5.56 Å². The lowest BCUT2D eigenvalue weighted by Crippen LogP contribution is -2.07. The van der Waals surface area contributed by atoms with Gasteiger partial charge >= 0.3 is 0 Å². The van der Waals surface area contributed by atoms with Crippen molar-refractivity contribution in [1.82, 2.24) is 0 Å². The van der Waals surface area contributed by atoms with Crippen molar-refractivity contribution in [2.24, 2.45) is 0 Å². The molecule has 0 radical (unpaired) electrons. The van der Waals surface area contributed by atoms with Crippen LogP contribution in [0.5, 0.6) is 11.5 Å². The number of benzene rings is 2. The van der Waals surface area contributed by atoms with Gasteiger partial charge in [0.25, 0.3) is 0 Å². The summed E-state index contributed by atoms with van der Waals surface area (Å²) in [7, 11) is 0. The molecule has 0 saturated heterocycles. The molecule has 0 aliphatic carbocycles. The molecule has 3 nitrogen and oxygen atoms in total. The van der Waals surface area contributed by atoms with Crippen LogP contribution in [0.1, 0.15) is 16.7 Å². The Morgan fingerprint density at radius 2 is 1.58 bits per heavy atom. The topological polar surface area (TPSA) is 38.7 Å². The smallest absolute Gasteiger partial charge is 0.230 e. The van der Waals surface area contributed by atoms with Crippen molar-refractivity contribution >= 4 is 0 Å². The van der Waals surface area contributed by atoms with E-state index in [9.17, 15) is 5.11 Å². The lowest BCUT2D eigenvalue weighted by Gasteiger charge is -2.12. The number of ether oxygens (including phenoxy) is 2. The zero-order valence-corrected chi connectivity index (χ0v) is 11.2. The Bertz CT molecular complexity index is 532. The van der Waals surface area contributed by atoms with Gasteiger partial charge in [-0.1, -0.05) is 29.8 Å². The second-order valence-electron chi connectivity index (χ2n) is 4.49. The molecule has 2 aromatic rings. The summed E-state index contributed by atoms with van der Waals surface area (Å²) >= 11 is 0. The molecule has 0 atom stereocenters. The van der Waals surface area contributed by atoms with Crippen LogP contribution in [0.3, 0.4) is 0 Å². The summed E-state index contributed by atoms with van der Waals surface area (Å²) in [4.78, 5) is 0. The lowest BCUT2D eigenvalue weighted by molar-refractivity contribution is 0.116. The van der Waals surface area contributed by atoms with E-state index in [1.54, 1.807) is 0 Å². The Morgan fingerprint density at radius 3 is 2.26 bits per heavy atom. The van der Waals surface area contributed by atoms with Gasteiger partial charge in [0, 0.05) is 5.56 Å². The first-order chi connectivity index (χ1) is 9.19. The Morgan fingerprint density at radius 1 is 0.895 bits per heavy atom. The maximum Gasteiger partial charge on any atom is 0.230 e. The third kappa shape index (κ3) is 3.73. The average molecular weight is 258 g/mol. The van der Waals surface area contributed by atoms with Crippen LogP contribution >= 0.6 is 0 Å². The van der Waals surface area contributed by atoms with Crippen molar-refractivity contribution in [2.45, 2.75) is 20.5 Å².